The zero-order valence-electron chi connectivity index (χ0n) is 15.4. The number of hydrogen-bond acceptors (Lipinski definition) is 5. The lowest BCUT2D eigenvalue weighted by atomic mass is 9.52. The molecule has 0 radical (unpaired) electrons. The molecule has 3 aliphatic rings. The summed E-state index contributed by atoms with van der Waals surface area (Å²) in [4.78, 5) is 39.0. The van der Waals surface area contributed by atoms with E-state index in [1.807, 2.05) is 26.8 Å². The topological polar surface area (TPSA) is 69.7 Å². The van der Waals surface area contributed by atoms with Gasteiger partial charge in [0.15, 0.2) is 11.2 Å². The monoisotopic (exact) mass is 356 g/mol. The highest BCUT2D eigenvalue weighted by Crippen LogP contribution is 2.60. The first kappa shape index (κ1) is 17.3. The van der Waals surface area contributed by atoms with Crippen LogP contribution in [0.25, 0.3) is 0 Å². The van der Waals surface area contributed by atoms with Gasteiger partial charge < -0.3 is 9.47 Å². The highest BCUT2D eigenvalue weighted by molar-refractivity contribution is 6.08. The zero-order chi connectivity index (χ0) is 18.7. The highest BCUT2D eigenvalue weighted by atomic mass is 16.6. The van der Waals surface area contributed by atoms with E-state index in [9.17, 15) is 14.4 Å². The first-order chi connectivity index (χ1) is 12.2. The number of ether oxygens (including phenoxy) is 2. The predicted molar refractivity (Wildman–Crippen MR) is 93.3 cm³/mol. The SMILES string of the molecule is CC1(C)OC(=O)[C@@]2(CC(=O)c3ccccc3)C(=O)O[C@@]3(C)CC[C@@H]1[C@@H]2C3. The van der Waals surface area contributed by atoms with Crippen LogP contribution in [0.1, 0.15) is 56.8 Å². The molecule has 26 heavy (non-hydrogen) atoms. The second-order valence-corrected chi connectivity index (χ2v) is 8.73. The minimum Gasteiger partial charge on any atom is -0.458 e. The van der Waals surface area contributed by atoms with Crippen LogP contribution in [-0.4, -0.2) is 28.9 Å². The quantitative estimate of drug-likeness (QED) is 0.472. The molecule has 0 N–H and O–H groups in total. The van der Waals surface area contributed by atoms with Gasteiger partial charge in [-0.2, -0.15) is 0 Å². The van der Waals surface area contributed by atoms with Gasteiger partial charge in [-0.15, -0.1) is 0 Å². The molecule has 2 heterocycles. The van der Waals surface area contributed by atoms with Gasteiger partial charge in [-0.3, -0.25) is 14.4 Å². The summed E-state index contributed by atoms with van der Waals surface area (Å²) in [7, 11) is 0. The van der Waals surface area contributed by atoms with Crippen LogP contribution in [0.15, 0.2) is 30.3 Å². The van der Waals surface area contributed by atoms with Crippen LogP contribution in [0, 0.1) is 17.3 Å². The lowest BCUT2D eigenvalue weighted by molar-refractivity contribution is -0.249. The van der Waals surface area contributed by atoms with E-state index in [4.69, 9.17) is 9.47 Å². The van der Waals surface area contributed by atoms with Crippen molar-refractivity contribution < 1.29 is 23.9 Å². The molecule has 4 atom stereocenters. The van der Waals surface area contributed by atoms with Crippen LogP contribution in [0.4, 0.5) is 0 Å². The molecule has 1 saturated carbocycles. The van der Waals surface area contributed by atoms with Crippen molar-refractivity contribution in [2.75, 3.05) is 0 Å². The Bertz CT molecular complexity index is 773. The van der Waals surface area contributed by atoms with E-state index in [1.165, 1.54) is 0 Å². The van der Waals surface area contributed by atoms with Gasteiger partial charge in [0.1, 0.15) is 11.2 Å². The Morgan fingerprint density at radius 2 is 1.69 bits per heavy atom. The minimum absolute atomic E-state index is 0.0460. The number of ketones is 1. The van der Waals surface area contributed by atoms with E-state index in [2.05, 4.69) is 0 Å². The second kappa shape index (κ2) is 5.41. The molecular weight excluding hydrogens is 332 g/mol. The average Bonchev–Trinajstić information content (AvgIpc) is 2.57. The van der Waals surface area contributed by atoms with Gasteiger partial charge in [0.05, 0.1) is 0 Å². The van der Waals surface area contributed by atoms with Crippen LogP contribution >= 0.6 is 0 Å². The molecule has 5 nitrogen and oxygen atoms in total. The number of carbonyl (C=O) groups excluding carboxylic acids is 3. The largest absolute Gasteiger partial charge is 0.458 e. The summed E-state index contributed by atoms with van der Waals surface area (Å²) in [5, 5.41) is 0. The number of cyclic esters (lactones) is 1. The Labute approximate surface area is 153 Å². The van der Waals surface area contributed by atoms with Crippen molar-refractivity contribution in [3.63, 3.8) is 0 Å². The summed E-state index contributed by atoms with van der Waals surface area (Å²) in [6.07, 6.45) is 1.98. The summed E-state index contributed by atoms with van der Waals surface area (Å²) in [6.45, 7) is 5.74. The van der Waals surface area contributed by atoms with Crippen molar-refractivity contribution in [1.29, 1.82) is 0 Å². The van der Waals surface area contributed by atoms with Crippen LogP contribution in [0.2, 0.25) is 0 Å². The number of Topliss-reactive ketones (excluding diaryl/α,β-unsaturated/α-hetero) is 1. The molecule has 5 heteroatoms. The fraction of sp³-hybridized carbons (Fsp3) is 0.571. The third-order valence-electron chi connectivity index (χ3n) is 6.61. The van der Waals surface area contributed by atoms with Gasteiger partial charge >= 0.3 is 11.9 Å². The normalized spacial score (nSPS) is 37.5. The maximum absolute atomic E-state index is 13.1. The summed E-state index contributed by atoms with van der Waals surface area (Å²) in [5.41, 5.74) is -2.22. The van der Waals surface area contributed by atoms with E-state index < -0.39 is 28.6 Å². The number of fused-ring (bicyclic) bond motifs is 1. The van der Waals surface area contributed by atoms with E-state index in [0.29, 0.717) is 12.0 Å². The van der Waals surface area contributed by atoms with E-state index in [1.54, 1.807) is 24.3 Å². The number of hydrogen-bond donors (Lipinski definition) is 0. The first-order valence-electron chi connectivity index (χ1n) is 9.23. The molecule has 1 aromatic rings. The molecular formula is C21H24O5. The third-order valence-corrected chi connectivity index (χ3v) is 6.61. The van der Waals surface area contributed by atoms with E-state index >= 15 is 0 Å². The number of rotatable bonds is 3. The molecule has 0 amide bonds. The Kier molecular flexibility index (Phi) is 3.59. The van der Waals surface area contributed by atoms with Gasteiger partial charge in [0.2, 0.25) is 0 Å². The van der Waals surface area contributed by atoms with Crippen LogP contribution in [0.3, 0.4) is 0 Å². The standard InChI is InChI=1S/C21H24O5/c1-19(2)14-9-10-20(3)11-15(14)21(17(23)25-19,18(24)26-20)12-16(22)13-7-5-4-6-8-13/h4-8,14-15H,9-12H2,1-3H3/t14-,15+,20+,21+/m1/s1. The molecule has 0 unspecified atom stereocenters. The van der Waals surface area contributed by atoms with Crippen molar-refractivity contribution >= 4 is 17.7 Å². The van der Waals surface area contributed by atoms with Crippen molar-refractivity contribution in [1.82, 2.24) is 0 Å². The molecule has 2 saturated heterocycles. The van der Waals surface area contributed by atoms with Gasteiger partial charge in [0.25, 0.3) is 0 Å². The lowest BCUT2D eigenvalue weighted by Crippen LogP contribution is -2.68. The predicted octanol–water partition coefficient (Wildman–Crippen LogP) is 3.31. The summed E-state index contributed by atoms with van der Waals surface area (Å²) in [6, 6.07) is 8.77. The number of benzene rings is 1. The summed E-state index contributed by atoms with van der Waals surface area (Å²) in [5.74, 6) is -1.61. The Morgan fingerprint density at radius 3 is 2.38 bits per heavy atom. The van der Waals surface area contributed by atoms with E-state index in [-0.39, 0.29) is 24.0 Å². The smallest absolute Gasteiger partial charge is 0.324 e. The Balaban J connectivity index is 1.77. The summed E-state index contributed by atoms with van der Waals surface area (Å²) < 4.78 is 11.4. The molecule has 0 spiro atoms. The second-order valence-electron chi connectivity index (χ2n) is 8.73. The van der Waals surface area contributed by atoms with Crippen molar-refractivity contribution in [2.24, 2.45) is 17.3 Å². The molecule has 3 fully saturated rings. The average molecular weight is 356 g/mol. The lowest BCUT2D eigenvalue weighted by Gasteiger charge is -2.59. The van der Waals surface area contributed by atoms with Crippen LogP contribution in [0.5, 0.6) is 0 Å². The van der Waals surface area contributed by atoms with Gasteiger partial charge in [-0.05, 0) is 46.0 Å². The molecule has 2 aliphatic heterocycles. The van der Waals surface area contributed by atoms with Crippen molar-refractivity contribution in [3.8, 4) is 0 Å². The van der Waals surface area contributed by atoms with Crippen molar-refractivity contribution in [3.05, 3.63) is 35.9 Å². The molecule has 1 aliphatic carbocycles. The third kappa shape index (κ3) is 2.32. The van der Waals surface area contributed by atoms with Gasteiger partial charge in [0, 0.05) is 17.9 Å². The Morgan fingerprint density at radius 1 is 1.04 bits per heavy atom. The molecule has 0 aromatic heterocycles. The van der Waals surface area contributed by atoms with Crippen molar-refractivity contribution in [2.45, 2.75) is 57.7 Å². The first-order valence-corrected chi connectivity index (χ1v) is 9.23. The van der Waals surface area contributed by atoms with Gasteiger partial charge in [-0.1, -0.05) is 30.3 Å². The highest BCUT2D eigenvalue weighted by Gasteiger charge is 2.70. The number of esters is 2. The maximum atomic E-state index is 13.1. The van der Waals surface area contributed by atoms with Crippen LogP contribution < -0.4 is 0 Å². The fourth-order valence-corrected chi connectivity index (χ4v) is 5.18. The Hall–Kier alpha value is -2.17. The zero-order valence-corrected chi connectivity index (χ0v) is 15.4. The minimum atomic E-state index is -1.52. The fourth-order valence-electron chi connectivity index (χ4n) is 5.18. The molecule has 138 valence electrons. The molecule has 1 aromatic carbocycles. The van der Waals surface area contributed by atoms with E-state index in [0.717, 1.165) is 12.8 Å². The summed E-state index contributed by atoms with van der Waals surface area (Å²) >= 11 is 0. The maximum Gasteiger partial charge on any atom is 0.324 e. The van der Waals surface area contributed by atoms with Gasteiger partial charge in [-0.25, -0.2) is 0 Å². The number of carbonyl (C=O) groups is 3. The molecule has 4 rings (SSSR count). The molecule has 2 bridgehead atoms. The van der Waals surface area contributed by atoms with Crippen LogP contribution in [-0.2, 0) is 19.1 Å².